The average Bonchev–Trinajstić information content (AvgIpc) is 2.58. The fourth-order valence-electron chi connectivity index (χ4n) is 2.25. The maximum Gasteiger partial charge on any atom is 0.302 e. The smallest absolute Gasteiger partial charge is 0.302 e. The molecular formula is C21H47NO4P+. The van der Waals surface area contributed by atoms with Crippen LogP contribution in [-0.4, -0.2) is 67.7 Å². The maximum atomic E-state index is 10.3. The number of carbonyl (C=O) groups excluding carboxylic acids is 1. The number of ether oxygens (including phenoxy) is 1. The molecule has 0 aliphatic carbocycles. The fraction of sp³-hybridized carbons (Fsp3) is 0.905. The number of carboxylic acid groups (broad SMARTS) is 1. The van der Waals surface area contributed by atoms with Gasteiger partial charge in [0.05, 0.1) is 25.1 Å². The number of nitrogens with zero attached hydrogens (tertiary/aromatic N) is 1. The molecule has 5 nitrogen and oxygen atoms in total. The predicted molar refractivity (Wildman–Crippen MR) is 121 cm³/mol. The molecule has 0 saturated heterocycles. The lowest BCUT2D eigenvalue weighted by molar-refractivity contribution is -0.141. The van der Waals surface area contributed by atoms with E-state index in [-0.39, 0.29) is 13.9 Å². The van der Waals surface area contributed by atoms with Crippen LogP contribution in [0.2, 0.25) is 0 Å². The zero-order chi connectivity index (χ0) is 21.5. The third-order valence-electron chi connectivity index (χ3n) is 3.71. The molecule has 0 saturated carbocycles. The first-order valence-corrected chi connectivity index (χ1v) is 12.6. The summed E-state index contributed by atoms with van der Waals surface area (Å²) in [5.41, 5.74) is 0. The third kappa shape index (κ3) is 41.0. The second-order valence-electron chi connectivity index (χ2n) is 7.08. The van der Waals surface area contributed by atoms with Gasteiger partial charge >= 0.3 is 5.97 Å². The first kappa shape index (κ1) is 31.0. The molecule has 0 aromatic carbocycles. The molecule has 6 heteroatoms. The van der Waals surface area contributed by atoms with Crippen molar-refractivity contribution in [2.24, 2.45) is 0 Å². The van der Waals surface area contributed by atoms with Crippen LogP contribution in [0.15, 0.2) is 0 Å². The van der Waals surface area contributed by atoms with Gasteiger partial charge in [0.1, 0.15) is 0 Å². The maximum absolute atomic E-state index is 10.3. The Morgan fingerprint density at radius 3 is 1.48 bits per heavy atom. The summed E-state index contributed by atoms with van der Waals surface area (Å²) in [4.78, 5) is 21.3. The van der Waals surface area contributed by atoms with Gasteiger partial charge in [-0.1, -0.05) is 40.0 Å². The zero-order valence-corrected chi connectivity index (χ0v) is 20.1. The van der Waals surface area contributed by atoms with Gasteiger partial charge in [-0.25, -0.2) is 0 Å². The van der Waals surface area contributed by atoms with Crippen molar-refractivity contribution in [3.05, 3.63) is 0 Å². The number of carbonyl (C=O) groups is 2. The standard InChI is InChI=1S/C12H27P.C7H15NO2.C2H4O2/c1-4-7-10-13(11-8-5-2)12-9-6-3;1-7(9)10-6-4-5-8(2)3;1-2(3)4/h4-12H2,1-3H3;4-6H2,1-3H3;1H3,(H,3,4)/p+1. The molecule has 0 bridgehead atoms. The van der Waals surface area contributed by atoms with E-state index in [1.165, 1.54) is 45.4 Å². The lowest BCUT2D eigenvalue weighted by Crippen LogP contribution is -2.15. The number of unbranched alkanes of at least 4 members (excludes halogenated alkanes) is 3. The molecule has 0 rings (SSSR count). The Bertz CT molecular complexity index is 302. The van der Waals surface area contributed by atoms with E-state index in [1.54, 1.807) is 18.5 Å². The van der Waals surface area contributed by atoms with Crippen LogP contribution < -0.4 is 0 Å². The molecule has 0 aliphatic rings. The van der Waals surface area contributed by atoms with Crippen LogP contribution in [-0.2, 0) is 14.3 Å². The zero-order valence-electron chi connectivity index (χ0n) is 19.1. The van der Waals surface area contributed by atoms with Crippen molar-refractivity contribution in [1.29, 1.82) is 0 Å². The highest BCUT2D eigenvalue weighted by Crippen LogP contribution is 2.38. The second kappa shape index (κ2) is 25.3. The largest absolute Gasteiger partial charge is 0.481 e. The van der Waals surface area contributed by atoms with Crippen LogP contribution in [0.3, 0.4) is 0 Å². The average molecular weight is 409 g/mol. The Labute approximate surface area is 170 Å². The normalized spacial score (nSPS) is 9.96. The van der Waals surface area contributed by atoms with E-state index in [4.69, 9.17) is 14.6 Å². The van der Waals surface area contributed by atoms with E-state index in [0.717, 1.165) is 19.9 Å². The van der Waals surface area contributed by atoms with Crippen molar-refractivity contribution >= 4 is 19.9 Å². The predicted octanol–water partition coefficient (Wildman–Crippen LogP) is 5.19. The number of carboxylic acids is 1. The molecule has 0 unspecified atom stereocenters. The summed E-state index contributed by atoms with van der Waals surface area (Å²) in [6.07, 6.45) is 14.3. The van der Waals surface area contributed by atoms with Gasteiger partial charge in [0, 0.05) is 28.3 Å². The second-order valence-corrected chi connectivity index (χ2v) is 10.1. The summed E-state index contributed by atoms with van der Waals surface area (Å²) in [5.74, 6) is -1.03. The van der Waals surface area contributed by atoms with E-state index in [1.807, 2.05) is 14.1 Å². The molecule has 1 N–H and O–H groups in total. The Kier molecular flexibility index (Phi) is 29.1. The first-order chi connectivity index (χ1) is 12.7. The van der Waals surface area contributed by atoms with Gasteiger partial charge in [-0.2, -0.15) is 0 Å². The summed E-state index contributed by atoms with van der Waals surface area (Å²) in [6.45, 7) is 11.0. The van der Waals surface area contributed by atoms with Crippen LogP contribution in [0.1, 0.15) is 79.6 Å². The van der Waals surface area contributed by atoms with Crippen molar-refractivity contribution in [3.8, 4) is 0 Å². The Morgan fingerprint density at radius 2 is 1.22 bits per heavy atom. The fourth-order valence-corrected chi connectivity index (χ4v) is 5.56. The Hall–Kier alpha value is -0.670. The number of esters is 1. The molecule has 0 atom stereocenters. The molecule has 0 spiro atoms. The van der Waals surface area contributed by atoms with Crippen molar-refractivity contribution in [2.75, 3.05) is 45.7 Å². The number of rotatable bonds is 13. The van der Waals surface area contributed by atoms with Crippen molar-refractivity contribution in [2.45, 2.75) is 79.6 Å². The van der Waals surface area contributed by atoms with Crippen molar-refractivity contribution < 1.29 is 19.4 Å². The van der Waals surface area contributed by atoms with E-state index in [9.17, 15) is 4.79 Å². The minimum Gasteiger partial charge on any atom is -0.481 e. The SMILES string of the molecule is CC(=O)O.CC(=O)OCCCN(C)C.CCCC[PH+](CCCC)CCCC. The van der Waals surface area contributed by atoms with Gasteiger partial charge in [-0.3, -0.25) is 9.59 Å². The quantitative estimate of drug-likeness (QED) is 0.258. The number of hydrogen-bond donors (Lipinski definition) is 1. The van der Waals surface area contributed by atoms with Gasteiger partial charge < -0.3 is 14.7 Å². The monoisotopic (exact) mass is 408 g/mol. The van der Waals surface area contributed by atoms with Crippen molar-refractivity contribution in [1.82, 2.24) is 4.90 Å². The molecule has 164 valence electrons. The van der Waals surface area contributed by atoms with Crippen LogP contribution >= 0.6 is 7.92 Å². The molecule has 0 aliphatic heterocycles. The molecule has 0 aromatic rings. The third-order valence-corrected chi connectivity index (χ3v) is 6.89. The summed E-state index contributed by atoms with van der Waals surface area (Å²) in [6, 6.07) is 0. The molecule has 27 heavy (non-hydrogen) atoms. The highest BCUT2D eigenvalue weighted by atomic mass is 31.1. The van der Waals surface area contributed by atoms with Crippen LogP contribution in [0, 0.1) is 0 Å². The summed E-state index contributed by atoms with van der Waals surface area (Å²) >= 11 is 0. The Morgan fingerprint density at radius 1 is 0.852 bits per heavy atom. The minimum atomic E-state index is -0.833. The lowest BCUT2D eigenvalue weighted by atomic mass is 10.4. The van der Waals surface area contributed by atoms with Crippen LogP contribution in [0.5, 0.6) is 0 Å². The van der Waals surface area contributed by atoms with Crippen LogP contribution in [0.25, 0.3) is 0 Å². The molecule has 0 amide bonds. The summed E-state index contributed by atoms with van der Waals surface area (Å²) in [7, 11) is 4.06. The molecule has 0 aromatic heterocycles. The molecule has 0 radical (unpaired) electrons. The van der Waals surface area contributed by atoms with E-state index < -0.39 is 5.97 Å². The molecular weight excluding hydrogens is 361 g/mol. The Balaban J connectivity index is -0.000000364. The van der Waals surface area contributed by atoms with E-state index >= 15 is 0 Å². The van der Waals surface area contributed by atoms with Gasteiger partial charge in [0.2, 0.25) is 0 Å². The highest BCUT2D eigenvalue weighted by molar-refractivity contribution is 7.57. The van der Waals surface area contributed by atoms with Gasteiger partial charge in [0.15, 0.2) is 0 Å². The summed E-state index contributed by atoms with van der Waals surface area (Å²) in [5, 5.41) is 7.42. The minimum absolute atomic E-state index is 0.0675. The lowest BCUT2D eigenvalue weighted by Gasteiger charge is -2.09. The van der Waals surface area contributed by atoms with Crippen molar-refractivity contribution in [3.63, 3.8) is 0 Å². The summed E-state index contributed by atoms with van der Waals surface area (Å²) < 4.78 is 4.73. The van der Waals surface area contributed by atoms with E-state index in [0.29, 0.717) is 6.61 Å². The molecule has 0 fully saturated rings. The van der Waals surface area contributed by atoms with Gasteiger partial charge in [-0.05, 0) is 39.8 Å². The topological polar surface area (TPSA) is 66.8 Å². The first-order valence-electron chi connectivity index (χ1n) is 10.5. The van der Waals surface area contributed by atoms with Crippen LogP contribution in [0.4, 0.5) is 0 Å². The number of hydrogen-bond acceptors (Lipinski definition) is 4. The highest BCUT2D eigenvalue weighted by Gasteiger charge is 2.12. The van der Waals surface area contributed by atoms with E-state index in [2.05, 4.69) is 25.7 Å². The van der Waals surface area contributed by atoms with Gasteiger partial charge in [0.25, 0.3) is 5.97 Å². The number of aliphatic carboxylic acids is 1. The molecule has 0 heterocycles. The van der Waals surface area contributed by atoms with Gasteiger partial charge in [-0.15, -0.1) is 0 Å².